The topological polar surface area (TPSA) is 214 Å². The first kappa shape index (κ1) is 26.3. The predicted octanol–water partition coefficient (Wildman–Crippen LogP) is -2.82. The van der Waals surface area contributed by atoms with Gasteiger partial charge in [0.05, 0.1) is 18.7 Å². The van der Waals surface area contributed by atoms with Crippen molar-refractivity contribution in [3.63, 3.8) is 0 Å². The molecule has 9 N–H and O–H groups in total. The van der Waals surface area contributed by atoms with Crippen LogP contribution in [0, 0.1) is 5.92 Å². The van der Waals surface area contributed by atoms with E-state index in [1.807, 2.05) is 0 Å². The smallest absolute Gasteiger partial charge is 0.326 e. The molecule has 0 aromatic heterocycles. The summed E-state index contributed by atoms with van der Waals surface area (Å²) in [7, 11) is 0. The molecule has 0 aromatic rings. The summed E-state index contributed by atoms with van der Waals surface area (Å²) in [4.78, 5) is 58.0. The predicted molar refractivity (Wildman–Crippen MR) is 102 cm³/mol. The largest absolute Gasteiger partial charge is 0.480 e. The van der Waals surface area contributed by atoms with Crippen LogP contribution in [0.25, 0.3) is 0 Å². The molecule has 0 rings (SSSR count). The molecule has 4 unspecified atom stereocenters. The van der Waals surface area contributed by atoms with Crippen molar-refractivity contribution in [2.24, 2.45) is 17.4 Å². The lowest BCUT2D eigenvalue weighted by atomic mass is 10.0. The van der Waals surface area contributed by atoms with Crippen LogP contribution in [-0.4, -0.2) is 70.6 Å². The van der Waals surface area contributed by atoms with E-state index in [1.54, 1.807) is 13.8 Å². The van der Waals surface area contributed by atoms with Gasteiger partial charge >= 0.3 is 5.97 Å². The van der Waals surface area contributed by atoms with Gasteiger partial charge in [-0.2, -0.15) is 0 Å². The third-order valence-electron chi connectivity index (χ3n) is 3.86. The van der Waals surface area contributed by atoms with Crippen molar-refractivity contribution in [3.05, 3.63) is 0 Å². The van der Waals surface area contributed by atoms with Crippen LogP contribution in [0.15, 0.2) is 0 Å². The van der Waals surface area contributed by atoms with Crippen molar-refractivity contribution in [3.8, 4) is 0 Å². The number of primary amides is 1. The number of aliphatic carboxylic acids is 1. The van der Waals surface area contributed by atoms with Gasteiger partial charge in [-0.25, -0.2) is 4.79 Å². The number of amides is 4. The van der Waals surface area contributed by atoms with Crippen molar-refractivity contribution in [1.82, 2.24) is 16.0 Å². The number of hydrogen-bond acceptors (Lipinski definition) is 7. The second-order valence-corrected chi connectivity index (χ2v) is 7.14. The minimum Gasteiger partial charge on any atom is -0.480 e. The van der Waals surface area contributed by atoms with Crippen LogP contribution >= 0.6 is 0 Å². The summed E-state index contributed by atoms with van der Waals surface area (Å²) in [5, 5.41) is 25.6. The van der Waals surface area contributed by atoms with Crippen LogP contribution < -0.4 is 27.4 Å². The molecule has 0 aromatic carbocycles. The number of nitrogens with one attached hydrogen (secondary N) is 3. The highest BCUT2D eigenvalue weighted by atomic mass is 16.4. The summed E-state index contributed by atoms with van der Waals surface area (Å²) < 4.78 is 0. The molecule has 12 nitrogen and oxygen atoms in total. The zero-order chi connectivity index (χ0) is 22.7. The van der Waals surface area contributed by atoms with E-state index in [4.69, 9.17) is 16.6 Å². The average molecular weight is 417 g/mol. The number of carbonyl (C=O) groups is 5. The van der Waals surface area contributed by atoms with E-state index < -0.39 is 60.4 Å². The Balaban J connectivity index is 4.74. The van der Waals surface area contributed by atoms with Crippen LogP contribution in [-0.2, 0) is 24.0 Å². The summed E-state index contributed by atoms with van der Waals surface area (Å²) in [6, 6.07) is -3.62. The van der Waals surface area contributed by atoms with E-state index in [1.165, 1.54) is 6.92 Å². The second-order valence-electron chi connectivity index (χ2n) is 7.14. The lowest BCUT2D eigenvalue weighted by Crippen LogP contribution is -2.57. The van der Waals surface area contributed by atoms with Gasteiger partial charge in [-0.05, 0) is 25.7 Å². The molecule has 4 atom stereocenters. The zero-order valence-electron chi connectivity index (χ0n) is 16.8. The fourth-order valence-corrected chi connectivity index (χ4v) is 2.31. The summed E-state index contributed by atoms with van der Waals surface area (Å²) in [5.74, 6) is -4.18. The zero-order valence-corrected chi connectivity index (χ0v) is 16.8. The number of rotatable bonds is 13. The molecule has 0 fully saturated rings. The highest BCUT2D eigenvalue weighted by molar-refractivity contribution is 5.93. The van der Waals surface area contributed by atoms with Gasteiger partial charge in [0.2, 0.25) is 23.6 Å². The van der Waals surface area contributed by atoms with E-state index in [0.29, 0.717) is 0 Å². The number of nitrogens with two attached hydrogens (primary N) is 2. The normalized spacial score (nSPS) is 15.0. The molecule has 0 saturated heterocycles. The Kier molecular flexibility index (Phi) is 11.5. The number of carboxylic acids is 1. The number of aliphatic hydroxyl groups is 1. The number of carbonyl (C=O) groups excluding carboxylic acids is 4. The maximum absolute atomic E-state index is 12.2. The molecule has 0 spiro atoms. The van der Waals surface area contributed by atoms with Gasteiger partial charge in [-0.1, -0.05) is 13.8 Å². The molecule has 0 radical (unpaired) electrons. The van der Waals surface area contributed by atoms with Crippen LogP contribution in [0.4, 0.5) is 0 Å². The van der Waals surface area contributed by atoms with E-state index >= 15 is 0 Å². The van der Waals surface area contributed by atoms with Crippen molar-refractivity contribution >= 4 is 29.6 Å². The monoisotopic (exact) mass is 417 g/mol. The quantitative estimate of drug-likeness (QED) is 0.165. The molecule has 0 heterocycles. The van der Waals surface area contributed by atoms with E-state index in [0.717, 1.165) is 0 Å². The number of hydrogen-bond donors (Lipinski definition) is 7. The molecule has 0 saturated carbocycles. The van der Waals surface area contributed by atoms with Gasteiger partial charge in [-0.3, -0.25) is 19.2 Å². The third-order valence-corrected chi connectivity index (χ3v) is 3.86. The maximum atomic E-state index is 12.2. The molecule has 0 aliphatic heterocycles. The summed E-state index contributed by atoms with van der Waals surface area (Å²) >= 11 is 0. The first-order valence-corrected chi connectivity index (χ1v) is 9.17. The molecule has 29 heavy (non-hydrogen) atoms. The lowest BCUT2D eigenvalue weighted by molar-refractivity contribution is -0.142. The first-order valence-electron chi connectivity index (χ1n) is 9.17. The van der Waals surface area contributed by atoms with Crippen LogP contribution in [0.1, 0.15) is 40.0 Å². The van der Waals surface area contributed by atoms with Gasteiger partial charge < -0.3 is 37.6 Å². The Morgan fingerprint density at radius 2 is 1.59 bits per heavy atom. The number of aliphatic hydroxyl groups excluding tert-OH is 1. The summed E-state index contributed by atoms with van der Waals surface area (Å²) in [6.07, 6.45) is -1.26. The summed E-state index contributed by atoms with van der Waals surface area (Å²) in [5.41, 5.74) is 10.6. The van der Waals surface area contributed by atoms with E-state index in [9.17, 15) is 29.1 Å². The SMILES string of the molecule is CC(C)CC(NC(=O)CNC(=O)C(NC(=O)C(N)CCC(N)=O)C(C)O)C(=O)O. The Bertz CT molecular complexity index is 609. The van der Waals surface area contributed by atoms with Gasteiger partial charge in [0.25, 0.3) is 0 Å². The van der Waals surface area contributed by atoms with Gasteiger partial charge in [-0.15, -0.1) is 0 Å². The van der Waals surface area contributed by atoms with E-state index in [-0.39, 0.29) is 25.2 Å². The highest BCUT2D eigenvalue weighted by Crippen LogP contribution is 2.04. The number of carboxylic acid groups (broad SMARTS) is 1. The summed E-state index contributed by atoms with van der Waals surface area (Å²) in [6.45, 7) is 4.30. The van der Waals surface area contributed by atoms with Crippen LogP contribution in [0.2, 0.25) is 0 Å². The standard InChI is InChI=1S/C17H31N5O7/c1-8(2)6-11(17(28)29)21-13(25)7-20-16(27)14(9(3)23)22-15(26)10(18)4-5-12(19)24/h8-11,14,23H,4-7,18H2,1-3H3,(H2,19,24)(H,20,27)(H,21,25)(H,22,26)(H,28,29). The molecular weight excluding hydrogens is 386 g/mol. The Labute approximate surface area is 168 Å². The second kappa shape index (κ2) is 12.7. The lowest BCUT2D eigenvalue weighted by Gasteiger charge is -2.23. The van der Waals surface area contributed by atoms with E-state index in [2.05, 4.69) is 16.0 Å². The van der Waals surface area contributed by atoms with Crippen molar-refractivity contribution in [2.75, 3.05) is 6.54 Å². The van der Waals surface area contributed by atoms with Crippen molar-refractivity contribution in [1.29, 1.82) is 0 Å². The minimum atomic E-state index is -1.40. The molecular formula is C17H31N5O7. The Hall–Kier alpha value is -2.73. The first-order chi connectivity index (χ1) is 13.3. The van der Waals surface area contributed by atoms with Crippen molar-refractivity contribution < 1.29 is 34.2 Å². The Morgan fingerprint density at radius 1 is 1.00 bits per heavy atom. The van der Waals surface area contributed by atoms with Gasteiger partial charge in [0.15, 0.2) is 0 Å². The van der Waals surface area contributed by atoms with Crippen LogP contribution in [0.3, 0.4) is 0 Å². The Morgan fingerprint density at radius 3 is 2.03 bits per heavy atom. The molecule has 12 heteroatoms. The van der Waals surface area contributed by atoms with Gasteiger partial charge in [0.1, 0.15) is 12.1 Å². The molecule has 4 amide bonds. The van der Waals surface area contributed by atoms with Crippen LogP contribution in [0.5, 0.6) is 0 Å². The maximum Gasteiger partial charge on any atom is 0.326 e. The highest BCUT2D eigenvalue weighted by Gasteiger charge is 2.28. The molecule has 0 bridgehead atoms. The average Bonchev–Trinajstić information content (AvgIpc) is 2.60. The third kappa shape index (κ3) is 11.0. The van der Waals surface area contributed by atoms with Crippen molar-refractivity contribution in [2.45, 2.75) is 64.3 Å². The molecule has 0 aliphatic rings. The molecule has 166 valence electrons. The molecule has 0 aliphatic carbocycles. The fraction of sp³-hybridized carbons (Fsp3) is 0.706. The minimum absolute atomic E-state index is 0.0274. The fourth-order valence-electron chi connectivity index (χ4n) is 2.31. The van der Waals surface area contributed by atoms with Gasteiger partial charge in [0, 0.05) is 6.42 Å².